The molecule has 1 fully saturated rings. The van der Waals surface area contributed by atoms with Crippen molar-refractivity contribution in [1.82, 2.24) is 10.2 Å². The third kappa shape index (κ3) is 3.28. The molecule has 17 heavy (non-hydrogen) atoms. The standard InChI is InChI=1S/C12H18N2O2S/c1-17(15,16)12-5-3-2-4-11(12)10-14-8-6-13-7-9-14/h2-5,13H,6-10H2,1H3. The lowest BCUT2D eigenvalue weighted by Crippen LogP contribution is -2.43. The summed E-state index contributed by atoms with van der Waals surface area (Å²) in [7, 11) is -3.13. The number of hydrogen-bond donors (Lipinski definition) is 1. The molecule has 4 nitrogen and oxygen atoms in total. The van der Waals surface area contributed by atoms with E-state index in [1.165, 1.54) is 6.26 Å². The maximum absolute atomic E-state index is 11.7. The largest absolute Gasteiger partial charge is 0.314 e. The van der Waals surface area contributed by atoms with Crippen LogP contribution in [-0.4, -0.2) is 45.8 Å². The molecule has 1 aliphatic heterocycles. The van der Waals surface area contributed by atoms with Gasteiger partial charge < -0.3 is 5.32 Å². The molecule has 0 saturated carbocycles. The Morgan fingerprint density at radius 1 is 1.24 bits per heavy atom. The topological polar surface area (TPSA) is 49.4 Å². The number of sulfone groups is 1. The fourth-order valence-corrected chi connectivity index (χ4v) is 3.04. The summed E-state index contributed by atoms with van der Waals surface area (Å²) in [5.41, 5.74) is 0.900. The molecule has 0 amide bonds. The second-order valence-electron chi connectivity index (χ2n) is 4.41. The molecule has 1 aromatic rings. The van der Waals surface area contributed by atoms with Crippen molar-refractivity contribution in [2.24, 2.45) is 0 Å². The average Bonchev–Trinajstić information content (AvgIpc) is 2.30. The highest BCUT2D eigenvalue weighted by Gasteiger charge is 2.16. The van der Waals surface area contributed by atoms with E-state index in [1.54, 1.807) is 12.1 Å². The monoisotopic (exact) mass is 254 g/mol. The average molecular weight is 254 g/mol. The van der Waals surface area contributed by atoms with Crippen molar-refractivity contribution in [3.63, 3.8) is 0 Å². The first-order valence-corrected chi connectivity index (χ1v) is 7.67. The highest BCUT2D eigenvalue weighted by molar-refractivity contribution is 7.90. The second-order valence-corrected chi connectivity index (χ2v) is 6.39. The van der Waals surface area contributed by atoms with Gasteiger partial charge in [-0.3, -0.25) is 4.90 Å². The van der Waals surface area contributed by atoms with E-state index in [0.29, 0.717) is 11.4 Å². The summed E-state index contributed by atoms with van der Waals surface area (Å²) in [5, 5.41) is 3.29. The molecule has 0 aromatic heterocycles. The summed E-state index contributed by atoms with van der Waals surface area (Å²) in [4.78, 5) is 2.74. The molecule has 94 valence electrons. The van der Waals surface area contributed by atoms with Gasteiger partial charge in [-0.15, -0.1) is 0 Å². The predicted octanol–water partition coefficient (Wildman–Crippen LogP) is 0.495. The van der Waals surface area contributed by atoms with Crippen LogP contribution in [0.1, 0.15) is 5.56 Å². The Balaban J connectivity index is 2.20. The van der Waals surface area contributed by atoms with Crippen LogP contribution in [0.2, 0.25) is 0 Å². The van der Waals surface area contributed by atoms with Crippen molar-refractivity contribution in [3.8, 4) is 0 Å². The van der Waals surface area contributed by atoms with E-state index in [-0.39, 0.29) is 0 Å². The SMILES string of the molecule is CS(=O)(=O)c1ccccc1CN1CCNCC1. The van der Waals surface area contributed by atoms with E-state index < -0.39 is 9.84 Å². The smallest absolute Gasteiger partial charge is 0.175 e. The molecule has 2 rings (SSSR count). The molecule has 1 heterocycles. The summed E-state index contributed by atoms with van der Waals surface area (Å²) >= 11 is 0. The first-order valence-electron chi connectivity index (χ1n) is 5.78. The van der Waals surface area contributed by atoms with Crippen molar-refractivity contribution < 1.29 is 8.42 Å². The minimum absolute atomic E-state index is 0.457. The van der Waals surface area contributed by atoms with Gasteiger partial charge in [-0.05, 0) is 11.6 Å². The molecule has 5 heteroatoms. The Morgan fingerprint density at radius 3 is 2.53 bits per heavy atom. The van der Waals surface area contributed by atoms with Crippen LogP contribution in [0.3, 0.4) is 0 Å². The molecule has 0 unspecified atom stereocenters. The number of piperazine rings is 1. The summed E-state index contributed by atoms with van der Waals surface area (Å²) in [6.07, 6.45) is 1.27. The minimum Gasteiger partial charge on any atom is -0.314 e. The van der Waals surface area contributed by atoms with Gasteiger partial charge in [-0.2, -0.15) is 0 Å². The molecule has 1 aliphatic rings. The maximum atomic E-state index is 11.7. The second kappa shape index (κ2) is 5.16. The van der Waals surface area contributed by atoms with Gasteiger partial charge in [-0.1, -0.05) is 18.2 Å². The van der Waals surface area contributed by atoms with Crippen LogP contribution >= 0.6 is 0 Å². The predicted molar refractivity (Wildman–Crippen MR) is 67.7 cm³/mol. The Hall–Kier alpha value is -0.910. The van der Waals surface area contributed by atoms with Crippen LogP contribution in [0.4, 0.5) is 0 Å². The number of rotatable bonds is 3. The van der Waals surface area contributed by atoms with E-state index in [4.69, 9.17) is 0 Å². The minimum atomic E-state index is -3.13. The molecule has 1 saturated heterocycles. The van der Waals surface area contributed by atoms with E-state index >= 15 is 0 Å². The Kier molecular flexibility index (Phi) is 3.81. The number of nitrogens with one attached hydrogen (secondary N) is 1. The number of benzene rings is 1. The van der Waals surface area contributed by atoms with Gasteiger partial charge in [-0.25, -0.2) is 8.42 Å². The summed E-state index contributed by atoms with van der Waals surface area (Å²) in [5.74, 6) is 0. The lowest BCUT2D eigenvalue weighted by Gasteiger charge is -2.27. The van der Waals surface area contributed by atoms with Crippen molar-refractivity contribution >= 4 is 9.84 Å². The van der Waals surface area contributed by atoms with Crippen LogP contribution in [0, 0.1) is 0 Å². The van der Waals surface area contributed by atoms with Crippen molar-refractivity contribution in [2.75, 3.05) is 32.4 Å². The van der Waals surface area contributed by atoms with Crippen LogP contribution in [0.5, 0.6) is 0 Å². The van der Waals surface area contributed by atoms with Crippen LogP contribution in [-0.2, 0) is 16.4 Å². The molecule has 0 atom stereocenters. The molecular formula is C12H18N2O2S. The highest BCUT2D eigenvalue weighted by atomic mass is 32.2. The van der Waals surface area contributed by atoms with Gasteiger partial charge in [0.05, 0.1) is 4.90 Å². The maximum Gasteiger partial charge on any atom is 0.175 e. The third-order valence-corrected chi connectivity index (χ3v) is 4.17. The van der Waals surface area contributed by atoms with E-state index in [0.717, 1.165) is 31.7 Å². The molecule has 0 spiro atoms. The summed E-state index contributed by atoms with van der Waals surface area (Å²) in [6.45, 7) is 4.60. The third-order valence-electron chi connectivity index (χ3n) is 2.98. The van der Waals surface area contributed by atoms with Gasteiger partial charge in [0, 0.05) is 39.0 Å². The van der Waals surface area contributed by atoms with Crippen molar-refractivity contribution in [1.29, 1.82) is 0 Å². The van der Waals surface area contributed by atoms with Gasteiger partial charge in [0.1, 0.15) is 0 Å². The van der Waals surface area contributed by atoms with Crippen molar-refractivity contribution in [3.05, 3.63) is 29.8 Å². The Morgan fingerprint density at radius 2 is 1.88 bits per heavy atom. The normalized spacial score (nSPS) is 18.2. The molecule has 0 bridgehead atoms. The fourth-order valence-electron chi connectivity index (χ4n) is 2.11. The highest BCUT2D eigenvalue weighted by Crippen LogP contribution is 2.17. The molecule has 0 radical (unpaired) electrons. The van der Waals surface area contributed by atoms with E-state index in [2.05, 4.69) is 10.2 Å². The zero-order valence-electron chi connectivity index (χ0n) is 10.0. The van der Waals surface area contributed by atoms with Gasteiger partial charge in [0.25, 0.3) is 0 Å². The van der Waals surface area contributed by atoms with E-state index in [9.17, 15) is 8.42 Å². The zero-order valence-corrected chi connectivity index (χ0v) is 10.8. The summed E-state index contributed by atoms with van der Waals surface area (Å²) in [6, 6.07) is 7.26. The van der Waals surface area contributed by atoms with Crippen molar-refractivity contribution in [2.45, 2.75) is 11.4 Å². The molecular weight excluding hydrogens is 236 g/mol. The Labute approximate surface area is 103 Å². The fraction of sp³-hybridized carbons (Fsp3) is 0.500. The lowest BCUT2D eigenvalue weighted by molar-refractivity contribution is 0.231. The van der Waals surface area contributed by atoms with Gasteiger partial charge >= 0.3 is 0 Å². The molecule has 0 aliphatic carbocycles. The van der Waals surface area contributed by atoms with Crippen LogP contribution in [0.25, 0.3) is 0 Å². The lowest BCUT2D eigenvalue weighted by atomic mass is 10.2. The van der Waals surface area contributed by atoms with Crippen LogP contribution in [0.15, 0.2) is 29.2 Å². The first kappa shape index (κ1) is 12.5. The first-order chi connectivity index (χ1) is 8.07. The van der Waals surface area contributed by atoms with E-state index in [1.807, 2.05) is 12.1 Å². The van der Waals surface area contributed by atoms with Gasteiger partial charge in [0.2, 0.25) is 0 Å². The number of hydrogen-bond acceptors (Lipinski definition) is 4. The quantitative estimate of drug-likeness (QED) is 0.853. The molecule has 1 aromatic carbocycles. The molecule has 1 N–H and O–H groups in total. The number of nitrogens with zero attached hydrogens (tertiary/aromatic N) is 1. The van der Waals surface area contributed by atoms with Gasteiger partial charge in [0.15, 0.2) is 9.84 Å². The summed E-state index contributed by atoms with van der Waals surface area (Å²) < 4.78 is 23.3. The Bertz CT molecular complexity index is 479. The van der Waals surface area contributed by atoms with Crippen LogP contribution < -0.4 is 5.32 Å². The zero-order chi connectivity index (χ0) is 12.3.